The molecular formula is C25H25NO2. The van der Waals surface area contributed by atoms with Gasteiger partial charge >= 0.3 is 0 Å². The summed E-state index contributed by atoms with van der Waals surface area (Å²) in [5, 5.41) is 11.3. The van der Waals surface area contributed by atoms with E-state index in [0.29, 0.717) is 25.2 Å². The average Bonchev–Trinajstić information content (AvgIpc) is 2.75. The number of nitriles is 1. The van der Waals surface area contributed by atoms with E-state index >= 15 is 0 Å². The third-order valence-electron chi connectivity index (χ3n) is 4.95. The molecule has 0 aliphatic carbocycles. The van der Waals surface area contributed by atoms with E-state index in [0.717, 1.165) is 29.2 Å². The summed E-state index contributed by atoms with van der Waals surface area (Å²) >= 11 is 0. The second-order valence-electron chi connectivity index (χ2n) is 7.02. The third kappa shape index (κ3) is 5.52. The van der Waals surface area contributed by atoms with E-state index in [1.54, 1.807) is 0 Å². The first kappa shape index (κ1) is 19.8. The van der Waals surface area contributed by atoms with Crippen LogP contribution in [-0.2, 0) is 11.3 Å². The van der Waals surface area contributed by atoms with Crippen LogP contribution in [0.2, 0.25) is 0 Å². The molecule has 0 bridgehead atoms. The minimum Gasteiger partial charge on any atom is -0.377 e. The minimum atomic E-state index is -0.250. The molecule has 0 saturated carbocycles. The first-order valence-electron chi connectivity index (χ1n) is 9.79. The van der Waals surface area contributed by atoms with Crippen molar-refractivity contribution in [2.24, 2.45) is 5.92 Å². The zero-order chi connectivity index (χ0) is 19.6. The molecule has 3 nitrogen and oxygen atoms in total. The highest BCUT2D eigenvalue weighted by molar-refractivity contribution is 6.01. The first-order valence-corrected chi connectivity index (χ1v) is 9.79. The second-order valence-corrected chi connectivity index (χ2v) is 7.02. The predicted molar refractivity (Wildman–Crippen MR) is 112 cm³/mol. The number of benzene rings is 3. The Morgan fingerprint density at radius 1 is 0.929 bits per heavy atom. The molecule has 0 amide bonds. The van der Waals surface area contributed by atoms with Crippen molar-refractivity contribution in [1.82, 2.24) is 0 Å². The summed E-state index contributed by atoms with van der Waals surface area (Å²) in [5.41, 5.74) is 1.86. The number of hydrogen-bond acceptors (Lipinski definition) is 3. The molecule has 3 aromatic carbocycles. The number of ether oxygens (including phenoxy) is 1. The van der Waals surface area contributed by atoms with E-state index < -0.39 is 0 Å². The maximum Gasteiger partial charge on any atom is 0.166 e. The van der Waals surface area contributed by atoms with Crippen molar-refractivity contribution < 1.29 is 9.53 Å². The molecule has 0 saturated heterocycles. The number of unbranched alkanes of at least 4 members (excludes halogenated alkanes) is 1. The van der Waals surface area contributed by atoms with Crippen molar-refractivity contribution >= 4 is 16.6 Å². The van der Waals surface area contributed by atoms with Gasteiger partial charge < -0.3 is 4.74 Å². The highest BCUT2D eigenvalue weighted by atomic mass is 16.5. The zero-order valence-electron chi connectivity index (χ0n) is 16.0. The number of fused-ring (bicyclic) bond motifs is 1. The number of carbonyl (C=O) groups excluding carboxylic acids is 1. The number of carbonyl (C=O) groups is 1. The largest absolute Gasteiger partial charge is 0.377 e. The summed E-state index contributed by atoms with van der Waals surface area (Å²) in [6.45, 7) is 1.27. The molecule has 3 rings (SSSR count). The Balaban J connectivity index is 1.49. The van der Waals surface area contributed by atoms with Crippen LogP contribution in [-0.4, -0.2) is 12.4 Å². The van der Waals surface area contributed by atoms with Crippen molar-refractivity contribution in [3.05, 3.63) is 83.9 Å². The van der Waals surface area contributed by atoms with Gasteiger partial charge in [0.1, 0.15) is 0 Å². The smallest absolute Gasteiger partial charge is 0.166 e. The second kappa shape index (κ2) is 10.4. The number of Topliss-reactive ketones (excluding diaryl/α,β-unsaturated/α-hetero) is 1. The standard InChI is InChI=1S/C25H25NO2/c26-16-15-22(11-6-7-17-28-19-20-8-2-1-3-9-20)25(27)24-14-13-21-10-4-5-12-23(21)18-24/h1-5,8-10,12-14,18,22H,6-7,11,15,17,19H2. The molecular weight excluding hydrogens is 346 g/mol. The van der Waals surface area contributed by atoms with E-state index in [1.165, 1.54) is 0 Å². The van der Waals surface area contributed by atoms with Crippen LogP contribution >= 0.6 is 0 Å². The monoisotopic (exact) mass is 371 g/mol. The van der Waals surface area contributed by atoms with Gasteiger partial charge in [-0.25, -0.2) is 0 Å². The van der Waals surface area contributed by atoms with E-state index in [9.17, 15) is 4.79 Å². The summed E-state index contributed by atoms with van der Waals surface area (Å²) in [5.74, 6) is -0.183. The van der Waals surface area contributed by atoms with Crippen LogP contribution in [0.1, 0.15) is 41.6 Å². The van der Waals surface area contributed by atoms with E-state index in [4.69, 9.17) is 10.00 Å². The molecule has 0 spiro atoms. The Kier molecular flexibility index (Phi) is 7.35. The topological polar surface area (TPSA) is 50.1 Å². The Morgan fingerprint density at radius 3 is 2.46 bits per heavy atom. The van der Waals surface area contributed by atoms with Gasteiger partial charge in [0.25, 0.3) is 0 Å². The molecule has 3 aromatic rings. The van der Waals surface area contributed by atoms with Gasteiger partial charge in [0.2, 0.25) is 0 Å². The summed E-state index contributed by atoms with van der Waals surface area (Å²) in [6, 6.07) is 26.1. The van der Waals surface area contributed by atoms with E-state index in [-0.39, 0.29) is 18.1 Å². The molecule has 28 heavy (non-hydrogen) atoms. The third-order valence-corrected chi connectivity index (χ3v) is 4.95. The minimum absolute atomic E-state index is 0.0671. The van der Waals surface area contributed by atoms with Crippen molar-refractivity contribution in [1.29, 1.82) is 5.26 Å². The fourth-order valence-electron chi connectivity index (χ4n) is 3.37. The summed E-state index contributed by atoms with van der Waals surface area (Å²) in [4.78, 5) is 12.9. The summed E-state index contributed by atoms with van der Waals surface area (Å²) in [7, 11) is 0. The van der Waals surface area contributed by atoms with Crippen molar-refractivity contribution in [3.8, 4) is 6.07 Å². The van der Waals surface area contributed by atoms with Gasteiger partial charge in [-0.1, -0.05) is 73.2 Å². The fourth-order valence-corrected chi connectivity index (χ4v) is 3.37. The molecule has 0 fully saturated rings. The lowest BCUT2D eigenvalue weighted by atomic mass is 9.89. The number of rotatable bonds is 10. The van der Waals surface area contributed by atoms with Gasteiger partial charge in [-0.05, 0) is 35.2 Å². The van der Waals surface area contributed by atoms with Gasteiger partial charge in [-0.3, -0.25) is 4.79 Å². The fraction of sp³-hybridized carbons (Fsp3) is 0.280. The SMILES string of the molecule is N#CCC(CCCCOCc1ccccc1)C(=O)c1ccc2ccccc2c1. The van der Waals surface area contributed by atoms with Crippen LogP contribution in [0.4, 0.5) is 0 Å². The first-order chi connectivity index (χ1) is 13.8. The molecule has 1 atom stereocenters. The Hall–Kier alpha value is -2.96. The molecule has 0 aliphatic rings. The number of ketones is 1. The average molecular weight is 371 g/mol. The molecule has 1 unspecified atom stereocenters. The normalized spacial score (nSPS) is 11.8. The summed E-state index contributed by atoms with van der Waals surface area (Å²) in [6.07, 6.45) is 2.74. The Bertz CT molecular complexity index is 943. The molecule has 0 heterocycles. The lowest BCUT2D eigenvalue weighted by Gasteiger charge is -2.13. The van der Waals surface area contributed by atoms with Crippen molar-refractivity contribution in [2.45, 2.75) is 32.3 Å². The van der Waals surface area contributed by atoms with Crippen LogP contribution in [0.3, 0.4) is 0 Å². The van der Waals surface area contributed by atoms with Gasteiger partial charge in [-0.15, -0.1) is 0 Å². The molecule has 142 valence electrons. The lowest BCUT2D eigenvalue weighted by Crippen LogP contribution is -2.15. The molecule has 0 aromatic heterocycles. The van der Waals surface area contributed by atoms with Gasteiger partial charge in [0.15, 0.2) is 5.78 Å². The molecule has 3 heteroatoms. The van der Waals surface area contributed by atoms with Crippen LogP contribution < -0.4 is 0 Å². The zero-order valence-corrected chi connectivity index (χ0v) is 16.0. The van der Waals surface area contributed by atoms with E-state index in [1.807, 2.05) is 72.8 Å². The van der Waals surface area contributed by atoms with Gasteiger partial charge in [0.05, 0.1) is 12.7 Å². The lowest BCUT2D eigenvalue weighted by molar-refractivity contribution is 0.0902. The van der Waals surface area contributed by atoms with Crippen LogP contribution in [0.15, 0.2) is 72.8 Å². The molecule has 0 N–H and O–H groups in total. The van der Waals surface area contributed by atoms with Crippen LogP contribution in [0.25, 0.3) is 10.8 Å². The van der Waals surface area contributed by atoms with Crippen molar-refractivity contribution in [3.63, 3.8) is 0 Å². The quantitative estimate of drug-likeness (QED) is 0.327. The van der Waals surface area contributed by atoms with Gasteiger partial charge in [0, 0.05) is 24.5 Å². The Labute approximate surface area is 166 Å². The number of nitrogens with zero attached hydrogens (tertiary/aromatic N) is 1. The predicted octanol–water partition coefficient (Wildman–Crippen LogP) is 5.94. The van der Waals surface area contributed by atoms with Crippen LogP contribution in [0.5, 0.6) is 0 Å². The van der Waals surface area contributed by atoms with Gasteiger partial charge in [-0.2, -0.15) is 5.26 Å². The number of hydrogen-bond donors (Lipinski definition) is 0. The Morgan fingerprint density at radius 2 is 1.68 bits per heavy atom. The maximum atomic E-state index is 12.9. The van der Waals surface area contributed by atoms with Crippen LogP contribution in [0, 0.1) is 17.2 Å². The highest BCUT2D eigenvalue weighted by Crippen LogP contribution is 2.22. The molecule has 0 aliphatic heterocycles. The summed E-state index contributed by atoms with van der Waals surface area (Å²) < 4.78 is 5.70. The highest BCUT2D eigenvalue weighted by Gasteiger charge is 2.19. The van der Waals surface area contributed by atoms with Crippen molar-refractivity contribution in [2.75, 3.05) is 6.61 Å². The van der Waals surface area contributed by atoms with E-state index in [2.05, 4.69) is 6.07 Å². The maximum absolute atomic E-state index is 12.9. The molecule has 0 radical (unpaired) electrons.